The molecule has 1 aliphatic rings. The number of aromatic nitrogens is 1. The number of ketones is 1. The van der Waals surface area contributed by atoms with Crippen molar-refractivity contribution < 1.29 is 30.0 Å². The van der Waals surface area contributed by atoms with E-state index in [0.29, 0.717) is 14.5 Å². The van der Waals surface area contributed by atoms with E-state index in [1.807, 2.05) is 47.7 Å². The van der Waals surface area contributed by atoms with Crippen molar-refractivity contribution in [1.29, 1.82) is 0 Å². The standard InChI is InChI=1S/C23H16NSeSi.C11H20O2.Ir/c1-26(2)19-9-5-8-17-20(19)21-18(25-17)12-13-24-22(21)16-11-10-14-6-3-4-7-15(14)23(16)26;1-10(2,3)8(12)7-9(13)11(4,5)6;/h3-10,12-13H,1-2H3;7,12H,1-6H3;/q-1;;/b;8-7-;. The summed E-state index contributed by atoms with van der Waals surface area (Å²) in [5.74, 6) is 0.104. The molecule has 0 unspecified atom stereocenters. The van der Waals surface area contributed by atoms with Gasteiger partial charge in [0.15, 0.2) is 5.78 Å². The van der Waals surface area contributed by atoms with Crippen LogP contribution >= 0.6 is 0 Å². The second-order valence-electron chi connectivity index (χ2n) is 13.0. The molecule has 0 amide bonds. The fraction of sp³-hybridized carbons (Fsp3) is 0.294. The van der Waals surface area contributed by atoms with Crippen molar-refractivity contribution in [3.05, 3.63) is 78.7 Å². The maximum Gasteiger partial charge on any atom is 0 e. The summed E-state index contributed by atoms with van der Waals surface area (Å²) in [4.78, 5) is 16.4. The Morgan fingerprint density at radius 2 is 1.60 bits per heavy atom. The molecule has 5 aromatic rings. The number of carbonyl (C=O) groups is 1. The average molecular weight is 790 g/mol. The van der Waals surface area contributed by atoms with Crippen LogP contribution in [-0.4, -0.2) is 38.5 Å². The summed E-state index contributed by atoms with van der Waals surface area (Å²) in [6.07, 6.45) is 3.33. The van der Waals surface area contributed by atoms with Crippen LogP contribution < -0.4 is 10.4 Å². The van der Waals surface area contributed by atoms with Crippen LogP contribution in [0, 0.1) is 16.9 Å². The number of aliphatic hydroxyl groups excluding tert-OH is 1. The Hall–Kier alpha value is -2.33. The molecule has 1 N–H and O–H groups in total. The number of aliphatic hydroxyl groups is 1. The zero-order valence-corrected chi connectivity index (χ0v) is 29.5. The average Bonchev–Trinajstić information content (AvgIpc) is 3.22. The molecule has 0 bridgehead atoms. The first kappa shape index (κ1) is 30.6. The number of nitrogens with zero attached hydrogens (tertiary/aromatic N) is 1. The van der Waals surface area contributed by atoms with E-state index in [0.717, 1.165) is 5.69 Å². The SMILES string of the molecule is CC(C)(C)C(=O)/C=C(\O)C(C)(C)C.C[Si]1(C)c2c([c-]cc3ccccc23)-c2nccc3[se]c4cccc1c4c23.[Ir]. The third-order valence-corrected chi connectivity index (χ3v) is 13.5. The predicted molar refractivity (Wildman–Crippen MR) is 169 cm³/mol. The molecule has 0 atom stereocenters. The van der Waals surface area contributed by atoms with Gasteiger partial charge in [-0.05, 0) is 0 Å². The number of pyridine rings is 1. The molecule has 1 aliphatic heterocycles. The van der Waals surface area contributed by atoms with Crippen LogP contribution in [0.4, 0.5) is 0 Å². The molecule has 3 nitrogen and oxygen atoms in total. The quantitative estimate of drug-likeness (QED) is 0.0841. The van der Waals surface area contributed by atoms with E-state index in [2.05, 4.69) is 73.8 Å². The van der Waals surface area contributed by atoms with Crippen LogP contribution in [0.2, 0.25) is 13.1 Å². The molecule has 2 aromatic heterocycles. The van der Waals surface area contributed by atoms with Crippen molar-refractivity contribution in [2.75, 3.05) is 0 Å². The van der Waals surface area contributed by atoms with Crippen LogP contribution in [-0.2, 0) is 24.9 Å². The van der Waals surface area contributed by atoms with Gasteiger partial charge in [0.25, 0.3) is 0 Å². The van der Waals surface area contributed by atoms with E-state index in [4.69, 9.17) is 4.98 Å². The summed E-state index contributed by atoms with van der Waals surface area (Å²) >= 11 is 0.386. The van der Waals surface area contributed by atoms with Gasteiger partial charge in [0, 0.05) is 37.0 Å². The Balaban J connectivity index is 0.000000229. The molecule has 6 heteroatoms. The monoisotopic (exact) mass is 791 g/mol. The van der Waals surface area contributed by atoms with Crippen LogP contribution in [0.3, 0.4) is 0 Å². The minimum atomic E-state index is -1.90. The summed E-state index contributed by atoms with van der Waals surface area (Å²) in [6, 6.07) is 23.8. The van der Waals surface area contributed by atoms with Crippen LogP contribution in [0.1, 0.15) is 41.5 Å². The minimum absolute atomic E-state index is 0. The molecule has 0 fully saturated rings. The number of hydrogen-bond donors (Lipinski definition) is 1. The molecule has 0 spiro atoms. The second kappa shape index (κ2) is 10.8. The molecular weight excluding hydrogens is 754 g/mol. The van der Waals surface area contributed by atoms with E-state index >= 15 is 0 Å². The first-order chi connectivity index (χ1) is 18.2. The van der Waals surface area contributed by atoms with Gasteiger partial charge in [0.2, 0.25) is 0 Å². The van der Waals surface area contributed by atoms with Gasteiger partial charge in [0.05, 0.1) is 0 Å². The topological polar surface area (TPSA) is 50.2 Å². The van der Waals surface area contributed by atoms with Gasteiger partial charge in [-0.25, -0.2) is 0 Å². The summed E-state index contributed by atoms with van der Waals surface area (Å²) in [6.45, 7) is 16.1. The van der Waals surface area contributed by atoms with Crippen molar-refractivity contribution in [1.82, 2.24) is 4.98 Å². The molecular formula is C34H36IrNO2SeSi-. The molecule has 0 aliphatic carbocycles. The van der Waals surface area contributed by atoms with E-state index in [9.17, 15) is 9.90 Å². The number of allylic oxidation sites excluding steroid dienone is 2. The zero-order valence-electron chi connectivity index (χ0n) is 24.4. The van der Waals surface area contributed by atoms with Gasteiger partial charge in [-0.15, -0.1) is 0 Å². The van der Waals surface area contributed by atoms with Crippen molar-refractivity contribution in [2.45, 2.75) is 54.6 Å². The fourth-order valence-electron chi connectivity index (χ4n) is 5.21. The normalized spacial score (nSPS) is 14.3. The largest absolute Gasteiger partial charge is 0 e. The molecule has 0 saturated heterocycles. The summed E-state index contributed by atoms with van der Waals surface area (Å²) in [7, 11) is -1.90. The van der Waals surface area contributed by atoms with Crippen LogP contribution in [0.25, 0.3) is 41.3 Å². The van der Waals surface area contributed by atoms with Gasteiger partial charge in [0.1, 0.15) is 5.76 Å². The first-order valence-electron chi connectivity index (χ1n) is 13.4. The Labute approximate surface area is 257 Å². The molecule has 6 rings (SSSR count). The Morgan fingerprint density at radius 3 is 2.27 bits per heavy atom. The Bertz CT molecular complexity index is 1790. The second-order valence-corrected chi connectivity index (χ2v) is 19.5. The van der Waals surface area contributed by atoms with Crippen LogP contribution in [0.15, 0.2) is 72.6 Å². The fourth-order valence-corrected chi connectivity index (χ4v) is 11.2. The summed E-state index contributed by atoms with van der Waals surface area (Å²) in [5.41, 5.74) is 1.62. The van der Waals surface area contributed by atoms with E-state index in [1.54, 1.807) is 5.19 Å². The van der Waals surface area contributed by atoms with E-state index < -0.39 is 13.5 Å². The van der Waals surface area contributed by atoms with Gasteiger partial charge < -0.3 is 5.11 Å². The zero-order chi connectivity index (χ0) is 28.3. The third kappa shape index (κ3) is 5.33. The van der Waals surface area contributed by atoms with E-state index in [1.165, 1.54) is 46.9 Å². The predicted octanol–water partition coefficient (Wildman–Crippen LogP) is 7.29. The summed E-state index contributed by atoms with van der Waals surface area (Å²) < 4.78 is 3.00. The van der Waals surface area contributed by atoms with Crippen molar-refractivity contribution in [3.8, 4) is 11.3 Å². The maximum atomic E-state index is 11.5. The first-order valence-corrected chi connectivity index (χ1v) is 18.1. The number of carbonyl (C=O) groups excluding carboxylic acids is 1. The smallest absolute Gasteiger partial charge is 0 e. The number of hydrogen-bond acceptors (Lipinski definition) is 3. The van der Waals surface area contributed by atoms with Gasteiger partial charge >= 0.3 is 159 Å². The van der Waals surface area contributed by atoms with E-state index in [-0.39, 0.29) is 37.1 Å². The van der Waals surface area contributed by atoms with Gasteiger partial charge in [-0.3, -0.25) is 4.79 Å². The van der Waals surface area contributed by atoms with Crippen molar-refractivity contribution >= 4 is 68.8 Å². The Kier molecular flexibility index (Phi) is 8.28. The molecule has 209 valence electrons. The Morgan fingerprint density at radius 1 is 0.925 bits per heavy atom. The van der Waals surface area contributed by atoms with Crippen molar-refractivity contribution in [2.24, 2.45) is 10.8 Å². The number of benzene rings is 3. The van der Waals surface area contributed by atoms with Gasteiger partial charge in [-0.2, -0.15) is 0 Å². The molecule has 3 aromatic carbocycles. The number of fused-ring (bicyclic) bond motifs is 4. The number of rotatable bonds is 1. The minimum Gasteiger partial charge on any atom is 0 e. The maximum absolute atomic E-state index is 11.5. The molecule has 1 radical (unpaired) electrons. The summed E-state index contributed by atoms with van der Waals surface area (Å²) in [5, 5.41) is 18.2. The van der Waals surface area contributed by atoms with Crippen molar-refractivity contribution in [3.63, 3.8) is 0 Å². The third-order valence-electron chi connectivity index (χ3n) is 7.57. The molecule has 40 heavy (non-hydrogen) atoms. The molecule has 3 heterocycles. The molecule has 0 saturated carbocycles. The van der Waals surface area contributed by atoms with Gasteiger partial charge in [-0.1, -0.05) is 41.5 Å². The van der Waals surface area contributed by atoms with Crippen LogP contribution in [0.5, 0.6) is 0 Å².